The van der Waals surface area contributed by atoms with Crippen LogP contribution in [0.5, 0.6) is 0 Å². The average Bonchev–Trinajstić information content (AvgIpc) is 2.97. The van der Waals surface area contributed by atoms with Crippen molar-refractivity contribution in [2.45, 2.75) is 18.9 Å². The molecule has 5 heteroatoms. The third kappa shape index (κ3) is 2.22. The van der Waals surface area contributed by atoms with Gasteiger partial charge in [0.05, 0.1) is 6.04 Å². The maximum absolute atomic E-state index is 11.3. The molecule has 1 aliphatic rings. The Morgan fingerprint density at radius 2 is 2.15 bits per heavy atom. The van der Waals surface area contributed by atoms with E-state index >= 15 is 0 Å². The van der Waals surface area contributed by atoms with E-state index in [9.17, 15) is 9.90 Å². The van der Waals surface area contributed by atoms with Gasteiger partial charge in [0.25, 0.3) is 0 Å². The van der Waals surface area contributed by atoms with Gasteiger partial charge in [-0.05, 0) is 36.6 Å². The van der Waals surface area contributed by atoms with E-state index in [1.165, 1.54) is 0 Å². The summed E-state index contributed by atoms with van der Waals surface area (Å²) in [6, 6.07) is 7.34. The van der Waals surface area contributed by atoms with E-state index in [-0.39, 0.29) is 11.6 Å². The first-order valence-corrected chi connectivity index (χ1v) is 6.62. The quantitative estimate of drug-likeness (QED) is 0.927. The minimum atomic E-state index is -0.940. The number of nitrogens with zero attached hydrogens (tertiary/aromatic N) is 3. The van der Waals surface area contributed by atoms with Gasteiger partial charge >= 0.3 is 5.97 Å². The molecule has 1 N–H and O–H groups in total. The van der Waals surface area contributed by atoms with E-state index in [1.807, 2.05) is 18.3 Å². The minimum Gasteiger partial charge on any atom is -0.478 e. The molecule has 5 nitrogen and oxygen atoms in total. The third-order valence-electron chi connectivity index (χ3n) is 3.61. The number of anilines is 1. The molecule has 1 fully saturated rings. The number of rotatable bonds is 3. The van der Waals surface area contributed by atoms with Crippen molar-refractivity contribution in [2.24, 2.45) is 0 Å². The van der Waals surface area contributed by atoms with Crippen molar-refractivity contribution >= 4 is 11.8 Å². The maximum Gasteiger partial charge on any atom is 0.339 e. The van der Waals surface area contributed by atoms with Gasteiger partial charge in [-0.1, -0.05) is 6.07 Å². The standard InChI is InChI=1S/C15H15N3O2/c19-15(20)12-5-2-8-17-14(12)18-9-3-6-13(18)11-4-1-7-16-10-11/h1-2,4-5,7-8,10,13H,3,6,9H2,(H,19,20)/t13-/m1/s1. The summed E-state index contributed by atoms with van der Waals surface area (Å²) in [6.07, 6.45) is 7.23. The first-order chi connectivity index (χ1) is 9.77. The molecule has 20 heavy (non-hydrogen) atoms. The highest BCUT2D eigenvalue weighted by atomic mass is 16.4. The monoisotopic (exact) mass is 269 g/mol. The Balaban J connectivity index is 1.99. The van der Waals surface area contributed by atoms with Crippen molar-refractivity contribution < 1.29 is 9.90 Å². The lowest BCUT2D eigenvalue weighted by atomic mass is 10.1. The molecule has 1 saturated heterocycles. The zero-order chi connectivity index (χ0) is 13.9. The summed E-state index contributed by atoms with van der Waals surface area (Å²) < 4.78 is 0. The summed E-state index contributed by atoms with van der Waals surface area (Å²) in [5.41, 5.74) is 1.36. The molecule has 0 saturated carbocycles. The van der Waals surface area contributed by atoms with Crippen LogP contribution < -0.4 is 4.90 Å². The van der Waals surface area contributed by atoms with Crippen LogP contribution in [0.2, 0.25) is 0 Å². The maximum atomic E-state index is 11.3. The predicted molar refractivity (Wildman–Crippen MR) is 74.8 cm³/mol. The number of hydrogen-bond acceptors (Lipinski definition) is 4. The van der Waals surface area contributed by atoms with Crippen LogP contribution in [0.4, 0.5) is 5.82 Å². The summed E-state index contributed by atoms with van der Waals surface area (Å²) in [4.78, 5) is 21.8. The SMILES string of the molecule is O=C(O)c1cccnc1N1CCC[C@@H]1c1cccnc1. The van der Waals surface area contributed by atoms with Crippen molar-refractivity contribution in [3.8, 4) is 0 Å². The van der Waals surface area contributed by atoms with Gasteiger partial charge < -0.3 is 10.0 Å². The summed E-state index contributed by atoms with van der Waals surface area (Å²) in [6.45, 7) is 0.816. The van der Waals surface area contributed by atoms with Crippen LogP contribution >= 0.6 is 0 Å². The van der Waals surface area contributed by atoms with Gasteiger partial charge in [-0.25, -0.2) is 9.78 Å². The van der Waals surface area contributed by atoms with Crippen molar-refractivity contribution in [1.29, 1.82) is 0 Å². The number of aromatic nitrogens is 2. The summed E-state index contributed by atoms with van der Waals surface area (Å²) in [5, 5.41) is 9.30. The molecule has 2 aromatic heterocycles. The highest BCUT2D eigenvalue weighted by molar-refractivity contribution is 5.93. The highest BCUT2D eigenvalue weighted by Crippen LogP contribution is 2.36. The first-order valence-electron chi connectivity index (χ1n) is 6.62. The molecule has 0 spiro atoms. The largest absolute Gasteiger partial charge is 0.478 e. The molecule has 0 amide bonds. The van der Waals surface area contributed by atoms with Crippen molar-refractivity contribution in [3.63, 3.8) is 0 Å². The molecule has 3 heterocycles. The van der Waals surface area contributed by atoms with E-state index in [4.69, 9.17) is 0 Å². The van der Waals surface area contributed by atoms with Gasteiger partial charge in [0.2, 0.25) is 0 Å². The van der Waals surface area contributed by atoms with Gasteiger partial charge in [-0.3, -0.25) is 4.98 Å². The van der Waals surface area contributed by atoms with Crippen LogP contribution in [-0.2, 0) is 0 Å². The molecular weight excluding hydrogens is 254 g/mol. The number of pyridine rings is 2. The molecule has 0 bridgehead atoms. The smallest absolute Gasteiger partial charge is 0.339 e. The van der Waals surface area contributed by atoms with E-state index in [0.29, 0.717) is 5.82 Å². The lowest BCUT2D eigenvalue weighted by Gasteiger charge is -2.26. The summed E-state index contributed by atoms with van der Waals surface area (Å²) >= 11 is 0. The minimum absolute atomic E-state index is 0.150. The van der Waals surface area contributed by atoms with Gasteiger partial charge in [-0.15, -0.1) is 0 Å². The van der Waals surface area contributed by atoms with Crippen molar-refractivity contribution in [2.75, 3.05) is 11.4 Å². The Kier molecular flexibility index (Phi) is 3.33. The van der Waals surface area contributed by atoms with Crippen LogP contribution in [-0.4, -0.2) is 27.6 Å². The van der Waals surface area contributed by atoms with E-state index in [2.05, 4.69) is 14.9 Å². The molecule has 2 aromatic rings. The molecular formula is C15H15N3O2. The van der Waals surface area contributed by atoms with E-state index in [0.717, 1.165) is 24.9 Å². The van der Waals surface area contributed by atoms with E-state index in [1.54, 1.807) is 24.5 Å². The zero-order valence-electron chi connectivity index (χ0n) is 10.9. The number of carboxylic acid groups (broad SMARTS) is 1. The molecule has 1 atom stereocenters. The second-order valence-electron chi connectivity index (χ2n) is 4.82. The van der Waals surface area contributed by atoms with Gasteiger partial charge in [0.15, 0.2) is 0 Å². The Labute approximate surface area is 116 Å². The fraction of sp³-hybridized carbons (Fsp3) is 0.267. The second-order valence-corrected chi connectivity index (χ2v) is 4.82. The average molecular weight is 269 g/mol. The van der Waals surface area contributed by atoms with Gasteiger partial charge in [-0.2, -0.15) is 0 Å². The number of carboxylic acids is 1. The number of hydrogen-bond donors (Lipinski definition) is 1. The highest BCUT2D eigenvalue weighted by Gasteiger charge is 2.29. The second kappa shape index (κ2) is 5.28. The molecule has 0 unspecified atom stereocenters. The molecule has 0 aliphatic carbocycles. The molecule has 3 rings (SSSR count). The number of carbonyl (C=O) groups is 1. The number of aromatic carboxylic acids is 1. The normalized spacial score (nSPS) is 18.2. The Morgan fingerprint density at radius 1 is 1.30 bits per heavy atom. The third-order valence-corrected chi connectivity index (χ3v) is 3.61. The fourth-order valence-electron chi connectivity index (χ4n) is 2.73. The van der Waals surface area contributed by atoms with Crippen LogP contribution in [0.25, 0.3) is 0 Å². The Morgan fingerprint density at radius 3 is 2.90 bits per heavy atom. The van der Waals surface area contributed by atoms with Crippen molar-refractivity contribution in [3.05, 3.63) is 54.0 Å². The van der Waals surface area contributed by atoms with Crippen LogP contribution in [0, 0.1) is 0 Å². The first kappa shape index (κ1) is 12.6. The van der Waals surface area contributed by atoms with Crippen molar-refractivity contribution in [1.82, 2.24) is 9.97 Å². The van der Waals surface area contributed by atoms with Crippen LogP contribution in [0.15, 0.2) is 42.9 Å². The predicted octanol–water partition coefficient (Wildman–Crippen LogP) is 2.52. The van der Waals surface area contributed by atoms with Gasteiger partial charge in [0.1, 0.15) is 11.4 Å². The van der Waals surface area contributed by atoms with Crippen LogP contribution in [0.1, 0.15) is 34.8 Å². The Bertz CT molecular complexity index is 616. The Hall–Kier alpha value is -2.43. The lowest BCUT2D eigenvalue weighted by Crippen LogP contribution is -2.25. The summed E-state index contributed by atoms with van der Waals surface area (Å²) in [5.74, 6) is -0.392. The molecule has 0 radical (unpaired) electrons. The molecule has 0 aromatic carbocycles. The van der Waals surface area contributed by atoms with E-state index < -0.39 is 5.97 Å². The fourth-order valence-corrected chi connectivity index (χ4v) is 2.73. The molecule has 102 valence electrons. The van der Waals surface area contributed by atoms with Crippen LogP contribution in [0.3, 0.4) is 0 Å². The summed E-state index contributed by atoms with van der Waals surface area (Å²) in [7, 11) is 0. The zero-order valence-corrected chi connectivity index (χ0v) is 10.9. The molecule has 1 aliphatic heterocycles. The van der Waals surface area contributed by atoms with Gasteiger partial charge in [0, 0.05) is 25.1 Å². The topological polar surface area (TPSA) is 66.3 Å². The lowest BCUT2D eigenvalue weighted by molar-refractivity contribution is 0.0697.